The van der Waals surface area contributed by atoms with Gasteiger partial charge in [0, 0.05) is 6.07 Å². The van der Waals surface area contributed by atoms with Crippen molar-refractivity contribution >= 4 is 47.2 Å². The molecule has 7 nitrogen and oxygen atoms in total. The molecule has 1 rings (SSSR count). The van der Waals surface area contributed by atoms with Crippen molar-refractivity contribution in [1.82, 2.24) is 0 Å². The normalized spacial score (nSPS) is 9.42. The number of benzene rings is 1. The Morgan fingerprint density at radius 2 is 1.63 bits per heavy atom. The van der Waals surface area contributed by atoms with Crippen LogP contribution in [0, 0.1) is 10.1 Å². The monoisotopic (exact) mass is 277 g/mol. The number of esters is 2. The summed E-state index contributed by atoms with van der Waals surface area (Å²) in [6.07, 6.45) is 0. The fraction of sp³-hybridized carbons (Fsp3) is 0.273. The number of nitrogens with zero attached hydrogens (tertiary/aromatic N) is 1. The van der Waals surface area contributed by atoms with E-state index in [-0.39, 0.29) is 40.8 Å². The van der Waals surface area contributed by atoms with Crippen LogP contribution in [-0.4, -0.2) is 60.6 Å². The molecule has 0 N–H and O–H groups in total. The van der Waals surface area contributed by atoms with Crippen molar-refractivity contribution in [1.29, 1.82) is 0 Å². The molecule has 0 aliphatic carbocycles. The van der Waals surface area contributed by atoms with Crippen LogP contribution in [0.3, 0.4) is 0 Å². The summed E-state index contributed by atoms with van der Waals surface area (Å²) in [5, 5.41) is 10.8. The van der Waals surface area contributed by atoms with Crippen LogP contribution in [0.15, 0.2) is 24.3 Å². The van der Waals surface area contributed by atoms with Crippen molar-refractivity contribution < 1.29 is 24.0 Å². The number of rotatable bonds is 4. The molecule has 19 heavy (non-hydrogen) atoms. The minimum absolute atomic E-state index is 0. The zero-order chi connectivity index (χ0) is 13.7. The van der Waals surface area contributed by atoms with Crippen molar-refractivity contribution in [2.45, 2.75) is 5.92 Å². The molecule has 0 saturated carbocycles. The van der Waals surface area contributed by atoms with Gasteiger partial charge in [-0.3, -0.25) is 19.7 Å². The van der Waals surface area contributed by atoms with Crippen LogP contribution in [-0.2, 0) is 19.1 Å². The maximum atomic E-state index is 11.5. The average molecular weight is 277 g/mol. The number of para-hydroxylation sites is 1. The average Bonchev–Trinajstić information content (AvgIpc) is 2.38. The molecule has 0 aliphatic heterocycles. The second kappa shape index (κ2) is 7.88. The molecule has 0 amide bonds. The van der Waals surface area contributed by atoms with Gasteiger partial charge in [-0.25, -0.2) is 0 Å². The van der Waals surface area contributed by atoms with Crippen molar-refractivity contribution in [3.8, 4) is 0 Å². The van der Waals surface area contributed by atoms with Crippen LogP contribution in [0.5, 0.6) is 0 Å². The Kier molecular flexibility index (Phi) is 7.28. The first-order chi connectivity index (χ1) is 8.52. The molecule has 0 aromatic heterocycles. The molecular weight excluding hydrogens is 265 g/mol. The van der Waals surface area contributed by atoms with Gasteiger partial charge >= 0.3 is 41.5 Å². The Bertz CT molecular complexity index is 474. The van der Waals surface area contributed by atoms with Crippen LogP contribution < -0.4 is 0 Å². The summed E-state index contributed by atoms with van der Waals surface area (Å²) in [7, 11) is 2.18. The van der Waals surface area contributed by atoms with Gasteiger partial charge in [0.2, 0.25) is 0 Å². The van der Waals surface area contributed by atoms with E-state index in [9.17, 15) is 19.7 Å². The first-order valence-corrected chi connectivity index (χ1v) is 4.92. The van der Waals surface area contributed by atoms with E-state index in [1.165, 1.54) is 24.3 Å². The standard InChI is InChI=1S/C11H11NO6.Na.H/c1-17-10(13)9(11(14)18-2)7-5-3-4-6-8(7)12(15)16;;/h3-6,9H,1-2H3;;. The molecule has 8 heteroatoms. The van der Waals surface area contributed by atoms with Crippen molar-refractivity contribution in [3.63, 3.8) is 0 Å². The van der Waals surface area contributed by atoms with Gasteiger partial charge in [0.05, 0.1) is 24.7 Å². The summed E-state index contributed by atoms with van der Waals surface area (Å²) >= 11 is 0. The third-order valence-electron chi connectivity index (χ3n) is 2.32. The predicted molar refractivity (Wildman–Crippen MR) is 67.0 cm³/mol. The van der Waals surface area contributed by atoms with Gasteiger partial charge in [-0.15, -0.1) is 0 Å². The Labute approximate surface area is 131 Å². The Morgan fingerprint density at radius 3 is 2.05 bits per heavy atom. The Morgan fingerprint density at radius 1 is 1.16 bits per heavy atom. The molecule has 98 valence electrons. The van der Waals surface area contributed by atoms with Gasteiger partial charge in [-0.05, 0) is 0 Å². The van der Waals surface area contributed by atoms with E-state index < -0.39 is 22.8 Å². The van der Waals surface area contributed by atoms with E-state index in [2.05, 4.69) is 9.47 Å². The topological polar surface area (TPSA) is 95.7 Å². The third-order valence-corrected chi connectivity index (χ3v) is 2.32. The summed E-state index contributed by atoms with van der Waals surface area (Å²) in [6.45, 7) is 0. The zero-order valence-corrected chi connectivity index (χ0v) is 9.78. The van der Waals surface area contributed by atoms with Crippen molar-refractivity contribution in [3.05, 3.63) is 39.9 Å². The van der Waals surface area contributed by atoms with E-state index in [1.54, 1.807) is 0 Å². The number of nitro groups is 1. The molecular formula is C11H12NNaO6. The van der Waals surface area contributed by atoms with E-state index in [0.29, 0.717) is 0 Å². The zero-order valence-electron chi connectivity index (χ0n) is 9.78. The summed E-state index contributed by atoms with van der Waals surface area (Å²) in [6, 6.07) is 5.44. The molecule has 1 aromatic carbocycles. The molecule has 0 fully saturated rings. The van der Waals surface area contributed by atoms with Crippen molar-refractivity contribution in [2.75, 3.05) is 14.2 Å². The summed E-state index contributed by atoms with van der Waals surface area (Å²) < 4.78 is 8.92. The van der Waals surface area contributed by atoms with E-state index in [4.69, 9.17) is 0 Å². The second-order valence-electron chi connectivity index (χ2n) is 3.30. The van der Waals surface area contributed by atoms with Gasteiger partial charge in [-0.1, -0.05) is 18.2 Å². The molecule has 0 unspecified atom stereocenters. The number of carbonyl (C=O) groups excluding carboxylic acids is 2. The van der Waals surface area contributed by atoms with Crippen LogP contribution in [0.2, 0.25) is 0 Å². The van der Waals surface area contributed by atoms with Crippen LogP contribution >= 0.6 is 0 Å². The van der Waals surface area contributed by atoms with Gasteiger partial charge < -0.3 is 9.47 Å². The Hall–Kier alpha value is -1.44. The number of carbonyl (C=O) groups is 2. The van der Waals surface area contributed by atoms with E-state index in [0.717, 1.165) is 14.2 Å². The number of hydrogen-bond acceptors (Lipinski definition) is 6. The van der Waals surface area contributed by atoms with E-state index in [1.807, 2.05) is 0 Å². The molecule has 0 aliphatic rings. The quantitative estimate of drug-likeness (QED) is 0.259. The summed E-state index contributed by atoms with van der Waals surface area (Å²) in [5.74, 6) is -3.27. The maximum absolute atomic E-state index is 11.5. The Balaban J connectivity index is 0.00000324. The molecule has 0 spiro atoms. The van der Waals surface area contributed by atoms with Gasteiger partial charge in [0.15, 0.2) is 5.92 Å². The fourth-order valence-corrected chi connectivity index (χ4v) is 1.48. The molecule has 0 saturated heterocycles. The summed E-state index contributed by atoms with van der Waals surface area (Å²) in [4.78, 5) is 33.3. The van der Waals surface area contributed by atoms with Crippen LogP contribution in [0.4, 0.5) is 5.69 Å². The molecule has 0 radical (unpaired) electrons. The van der Waals surface area contributed by atoms with Gasteiger partial charge in [0.25, 0.3) is 5.69 Å². The summed E-state index contributed by atoms with van der Waals surface area (Å²) in [5.41, 5.74) is -0.389. The molecule has 1 aromatic rings. The molecule has 0 atom stereocenters. The molecule has 0 bridgehead atoms. The van der Waals surface area contributed by atoms with Crippen LogP contribution in [0.1, 0.15) is 11.5 Å². The second-order valence-corrected chi connectivity index (χ2v) is 3.30. The van der Waals surface area contributed by atoms with Crippen molar-refractivity contribution in [2.24, 2.45) is 0 Å². The first kappa shape index (κ1) is 17.6. The number of nitro benzene ring substituents is 1. The van der Waals surface area contributed by atoms with Gasteiger partial charge in [-0.2, -0.15) is 0 Å². The van der Waals surface area contributed by atoms with Gasteiger partial charge in [0.1, 0.15) is 0 Å². The van der Waals surface area contributed by atoms with Crippen LogP contribution in [0.25, 0.3) is 0 Å². The third kappa shape index (κ3) is 4.02. The minimum atomic E-state index is -1.46. The number of ether oxygens (including phenoxy) is 2. The first-order valence-electron chi connectivity index (χ1n) is 4.92. The number of hydrogen-bond donors (Lipinski definition) is 0. The van der Waals surface area contributed by atoms with E-state index >= 15 is 0 Å². The SMILES string of the molecule is COC(=O)C(C(=O)OC)c1ccccc1[N+](=O)[O-].[NaH]. The predicted octanol–water partition coefficient (Wildman–Crippen LogP) is 0.376. The molecule has 0 heterocycles. The fourth-order valence-electron chi connectivity index (χ4n) is 1.48. The number of methoxy groups -OCH3 is 2.